The summed E-state index contributed by atoms with van der Waals surface area (Å²) in [6.45, 7) is 8.52. The second kappa shape index (κ2) is 10.3. The van der Waals surface area contributed by atoms with Crippen molar-refractivity contribution in [2.45, 2.75) is 59.4 Å². The van der Waals surface area contributed by atoms with E-state index in [9.17, 15) is 9.59 Å². The Bertz CT molecular complexity index is 563. The van der Waals surface area contributed by atoms with Gasteiger partial charge in [0.15, 0.2) is 0 Å². The zero-order valence-corrected chi connectivity index (χ0v) is 16.5. The summed E-state index contributed by atoms with van der Waals surface area (Å²) in [4.78, 5) is 27.1. The minimum Gasteiger partial charge on any atom is -0.356 e. The molecule has 0 heterocycles. The third-order valence-corrected chi connectivity index (χ3v) is 5.38. The first-order chi connectivity index (χ1) is 12.5. The van der Waals surface area contributed by atoms with Crippen molar-refractivity contribution in [2.24, 2.45) is 17.8 Å². The van der Waals surface area contributed by atoms with Gasteiger partial charge in [-0.25, -0.2) is 0 Å². The Morgan fingerprint density at radius 3 is 2.27 bits per heavy atom. The van der Waals surface area contributed by atoms with Crippen LogP contribution in [0.2, 0.25) is 0 Å². The first-order valence-corrected chi connectivity index (χ1v) is 10.1. The molecule has 2 amide bonds. The minimum absolute atomic E-state index is 0.0679. The third kappa shape index (κ3) is 6.15. The lowest BCUT2D eigenvalue weighted by atomic mass is 9.81. The number of carbonyl (C=O) groups excluding carboxylic acids is 2. The van der Waals surface area contributed by atoms with Crippen molar-refractivity contribution in [1.82, 2.24) is 10.2 Å². The molecule has 4 heteroatoms. The van der Waals surface area contributed by atoms with Gasteiger partial charge in [0.2, 0.25) is 11.8 Å². The van der Waals surface area contributed by atoms with Crippen LogP contribution in [0.3, 0.4) is 0 Å². The van der Waals surface area contributed by atoms with E-state index in [-0.39, 0.29) is 23.7 Å². The molecule has 0 aliphatic heterocycles. The first kappa shape index (κ1) is 20.5. The highest BCUT2D eigenvalue weighted by molar-refractivity contribution is 5.81. The van der Waals surface area contributed by atoms with Gasteiger partial charge in [-0.15, -0.1) is 0 Å². The maximum atomic E-state index is 12.9. The average Bonchev–Trinajstić information content (AvgIpc) is 2.66. The lowest BCUT2D eigenvalue weighted by molar-refractivity contribution is -0.138. The van der Waals surface area contributed by atoms with E-state index in [1.54, 1.807) is 0 Å². The van der Waals surface area contributed by atoms with Gasteiger partial charge in [0.05, 0.1) is 0 Å². The molecule has 0 aromatic heterocycles. The summed E-state index contributed by atoms with van der Waals surface area (Å²) in [7, 11) is 0. The number of amides is 2. The molecule has 2 rings (SSSR count). The fourth-order valence-electron chi connectivity index (χ4n) is 3.64. The molecule has 0 spiro atoms. The Morgan fingerprint density at radius 1 is 1.08 bits per heavy atom. The summed E-state index contributed by atoms with van der Waals surface area (Å²) in [6, 6.07) is 10.1. The third-order valence-electron chi connectivity index (χ3n) is 5.38. The second-order valence-electron chi connectivity index (χ2n) is 7.86. The van der Waals surface area contributed by atoms with Crippen LogP contribution in [0.15, 0.2) is 30.3 Å². The molecule has 0 bridgehead atoms. The van der Waals surface area contributed by atoms with Crippen molar-refractivity contribution >= 4 is 11.8 Å². The smallest absolute Gasteiger partial charge is 0.225 e. The van der Waals surface area contributed by atoms with Crippen molar-refractivity contribution < 1.29 is 9.59 Å². The van der Waals surface area contributed by atoms with E-state index in [4.69, 9.17) is 0 Å². The van der Waals surface area contributed by atoms with E-state index >= 15 is 0 Å². The summed E-state index contributed by atoms with van der Waals surface area (Å²) in [6.07, 6.45) is 4.32. The first-order valence-electron chi connectivity index (χ1n) is 10.1. The molecule has 1 aliphatic carbocycles. The van der Waals surface area contributed by atoms with Gasteiger partial charge < -0.3 is 10.2 Å². The van der Waals surface area contributed by atoms with Crippen LogP contribution in [-0.2, 0) is 16.1 Å². The predicted molar refractivity (Wildman–Crippen MR) is 105 cm³/mol. The largest absolute Gasteiger partial charge is 0.356 e. The molecule has 1 saturated carbocycles. The number of carbonyl (C=O) groups is 2. The molecule has 26 heavy (non-hydrogen) atoms. The SMILES string of the molecule is CCN(Cc1ccccc1)C(=O)C1CCC(C(=O)NCCC(C)C)CC1. The lowest BCUT2D eigenvalue weighted by Crippen LogP contribution is -2.39. The minimum atomic E-state index is 0.0679. The fourth-order valence-corrected chi connectivity index (χ4v) is 3.64. The Kier molecular flexibility index (Phi) is 8.14. The van der Waals surface area contributed by atoms with Gasteiger partial charge in [-0.2, -0.15) is 0 Å². The van der Waals surface area contributed by atoms with Crippen LogP contribution in [0.5, 0.6) is 0 Å². The topological polar surface area (TPSA) is 49.4 Å². The van der Waals surface area contributed by atoms with E-state index < -0.39 is 0 Å². The maximum Gasteiger partial charge on any atom is 0.225 e. The van der Waals surface area contributed by atoms with Crippen molar-refractivity contribution in [1.29, 1.82) is 0 Å². The van der Waals surface area contributed by atoms with Crippen LogP contribution >= 0.6 is 0 Å². The lowest BCUT2D eigenvalue weighted by Gasteiger charge is -2.31. The van der Waals surface area contributed by atoms with Crippen LogP contribution in [0.25, 0.3) is 0 Å². The molecule has 4 nitrogen and oxygen atoms in total. The molecular formula is C22H34N2O2. The van der Waals surface area contributed by atoms with Crippen LogP contribution < -0.4 is 5.32 Å². The number of hydrogen-bond donors (Lipinski definition) is 1. The second-order valence-corrected chi connectivity index (χ2v) is 7.86. The van der Waals surface area contributed by atoms with Crippen molar-refractivity contribution in [2.75, 3.05) is 13.1 Å². The van der Waals surface area contributed by atoms with E-state index in [1.807, 2.05) is 30.0 Å². The molecule has 1 aromatic carbocycles. The highest BCUT2D eigenvalue weighted by atomic mass is 16.2. The van der Waals surface area contributed by atoms with E-state index in [1.165, 1.54) is 5.56 Å². The van der Waals surface area contributed by atoms with Gasteiger partial charge in [0.25, 0.3) is 0 Å². The number of rotatable bonds is 8. The summed E-state index contributed by atoms with van der Waals surface area (Å²) in [5, 5.41) is 3.06. The number of hydrogen-bond acceptors (Lipinski definition) is 2. The van der Waals surface area contributed by atoms with Crippen molar-refractivity contribution in [3.05, 3.63) is 35.9 Å². The van der Waals surface area contributed by atoms with Crippen LogP contribution in [0.1, 0.15) is 58.4 Å². The molecule has 1 N–H and O–H groups in total. The Morgan fingerprint density at radius 2 is 1.69 bits per heavy atom. The van der Waals surface area contributed by atoms with Gasteiger partial charge >= 0.3 is 0 Å². The van der Waals surface area contributed by atoms with Gasteiger partial charge in [-0.05, 0) is 50.5 Å². The van der Waals surface area contributed by atoms with E-state index in [2.05, 4.69) is 31.3 Å². The average molecular weight is 359 g/mol. The summed E-state index contributed by atoms with van der Waals surface area (Å²) >= 11 is 0. The summed E-state index contributed by atoms with van der Waals surface area (Å²) < 4.78 is 0. The molecule has 1 fully saturated rings. The molecule has 0 unspecified atom stereocenters. The highest BCUT2D eigenvalue weighted by Gasteiger charge is 2.31. The van der Waals surface area contributed by atoms with Gasteiger partial charge in [0, 0.05) is 31.5 Å². The molecular weight excluding hydrogens is 324 g/mol. The monoisotopic (exact) mass is 358 g/mol. The molecule has 1 aliphatic rings. The van der Waals surface area contributed by atoms with Crippen LogP contribution in [0.4, 0.5) is 0 Å². The molecule has 1 aromatic rings. The normalized spacial score (nSPS) is 20.0. The predicted octanol–water partition coefficient (Wildman–Crippen LogP) is 4.00. The Labute approximate surface area is 158 Å². The fraction of sp³-hybridized carbons (Fsp3) is 0.636. The maximum absolute atomic E-state index is 12.9. The standard InChI is InChI=1S/C22H34N2O2/c1-4-24(16-18-8-6-5-7-9-18)22(26)20-12-10-19(11-13-20)21(25)23-15-14-17(2)3/h5-9,17,19-20H,4,10-16H2,1-3H3,(H,23,25). The number of benzene rings is 1. The molecule has 0 radical (unpaired) electrons. The number of nitrogens with one attached hydrogen (secondary N) is 1. The molecule has 0 atom stereocenters. The Balaban J connectivity index is 1.80. The zero-order chi connectivity index (χ0) is 18.9. The van der Waals surface area contributed by atoms with Crippen LogP contribution in [-0.4, -0.2) is 29.8 Å². The number of nitrogens with zero attached hydrogens (tertiary/aromatic N) is 1. The quantitative estimate of drug-likeness (QED) is 0.763. The van der Waals surface area contributed by atoms with Gasteiger partial charge in [-0.3, -0.25) is 9.59 Å². The van der Waals surface area contributed by atoms with Gasteiger partial charge in [0.1, 0.15) is 0 Å². The van der Waals surface area contributed by atoms with Crippen molar-refractivity contribution in [3.63, 3.8) is 0 Å². The molecule has 144 valence electrons. The zero-order valence-electron chi connectivity index (χ0n) is 16.5. The Hall–Kier alpha value is -1.84. The van der Waals surface area contributed by atoms with E-state index in [0.29, 0.717) is 12.5 Å². The van der Waals surface area contributed by atoms with Crippen LogP contribution in [0, 0.1) is 17.8 Å². The van der Waals surface area contributed by atoms with Gasteiger partial charge in [-0.1, -0.05) is 44.2 Å². The highest BCUT2D eigenvalue weighted by Crippen LogP contribution is 2.30. The van der Waals surface area contributed by atoms with Crippen molar-refractivity contribution in [3.8, 4) is 0 Å². The van der Waals surface area contributed by atoms with E-state index in [0.717, 1.165) is 45.2 Å². The summed E-state index contributed by atoms with van der Waals surface area (Å²) in [5.74, 6) is 1.17. The summed E-state index contributed by atoms with van der Waals surface area (Å²) in [5.41, 5.74) is 1.17. The molecule has 0 saturated heterocycles.